The van der Waals surface area contributed by atoms with Crippen molar-refractivity contribution in [1.82, 2.24) is 0 Å². The van der Waals surface area contributed by atoms with E-state index in [1.165, 1.54) is 18.9 Å². The average molecular weight is 425 g/mol. The molecule has 0 aliphatic heterocycles. The third kappa shape index (κ3) is 6.32. The summed E-state index contributed by atoms with van der Waals surface area (Å²) in [6.45, 7) is 4.29. The molecule has 1 nitrogen and oxygen atoms in total. The molecule has 0 aliphatic carbocycles. The van der Waals surface area contributed by atoms with E-state index in [4.69, 9.17) is 4.74 Å². The van der Waals surface area contributed by atoms with Crippen LogP contribution in [0.5, 0.6) is 11.5 Å². The molecule has 3 rings (SSSR count). The molecular weight excluding hydrogens is 403 g/mol. The van der Waals surface area contributed by atoms with Crippen LogP contribution in [0, 0.1) is 13.8 Å². The maximum absolute atomic E-state index is 6.22. The Kier molecular flexibility index (Phi) is 11.1. The first kappa shape index (κ1) is 24.0. The summed E-state index contributed by atoms with van der Waals surface area (Å²) in [5.74, 6) is 1.94. The summed E-state index contributed by atoms with van der Waals surface area (Å²) in [5.41, 5.74) is 2.51. The normalized spacial score (nSPS) is 8.88. The van der Waals surface area contributed by atoms with Gasteiger partial charge in [-0.05, 0) is 11.0 Å². The van der Waals surface area contributed by atoms with Crippen molar-refractivity contribution < 1.29 is 48.7 Å². The number of halogens is 2. The second-order valence-corrected chi connectivity index (χ2v) is 7.42. The van der Waals surface area contributed by atoms with Gasteiger partial charge in [-0.1, -0.05) is 0 Å². The predicted octanol–water partition coefficient (Wildman–Crippen LogP) is -3.31. The Labute approximate surface area is 176 Å². The van der Waals surface area contributed by atoms with Gasteiger partial charge in [0.05, 0.1) is 0 Å². The molecule has 3 aromatic carbocycles. The number of benzene rings is 3. The van der Waals surface area contributed by atoms with Gasteiger partial charge in [-0.25, -0.2) is 0 Å². The number of para-hydroxylation sites is 1. The maximum Gasteiger partial charge on any atom is -0.0149 e. The van der Waals surface area contributed by atoms with Crippen LogP contribution in [0.1, 0.15) is 11.1 Å². The summed E-state index contributed by atoms with van der Waals surface area (Å²) in [6.07, 6.45) is 0. The molecule has 0 saturated carbocycles. The molecule has 130 valence electrons. The molecule has 0 saturated heterocycles. The molecule has 5 heteroatoms. The van der Waals surface area contributed by atoms with E-state index in [1.807, 2.05) is 30.3 Å². The van der Waals surface area contributed by atoms with E-state index in [1.54, 1.807) is 0 Å². The first-order valence-electron chi connectivity index (χ1n) is 7.39. The third-order valence-corrected chi connectivity index (χ3v) is 5.70. The molecule has 0 fully saturated rings. The van der Waals surface area contributed by atoms with E-state index >= 15 is 0 Å². The van der Waals surface area contributed by atoms with Crippen LogP contribution in [0.4, 0.5) is 0 Å². The van der Waals surface area contributed by atoms with Gasteiger partial charge in [0.2, 0.25) is 0 Å². The van der Waals surface area contributed by atoms with Gasteiger partial charge in [0, 0.05) is 0 Å². The van der Waals surface area contributed by atoms with Crippen LogP contribution in [-0.2, 0) is 19.2 Å². The maximum atomic E-state index is 6.22. The van der Waals surface area contributed by atoms with E-state index in [9.17, 15) is 0 Å². The van der Waals surface area contributed by atoms with Crippen molar-refractivity contribution in [1.29, 1.82) is 0 Å². The molecule has 0 aliphatic rings. The van der Waals surface area contributed by atoms with Gasteiger partial charge in [-0.15, -0.1) is 0 Å². The quantitative estimate of drug-likeness (QED) is 0.398. The van der Waals surface area contributed by atoms with Gasteiger partial charge in [-0.3, -0.25) is 0 Å². The van der Waals surface area contributed by atoms with Crippen molar-refractivity contribution in [3.8, 4) is 11.5 Å². The molecule has 0 spiro atoms. The zero-order valence-corrected chi connectivity index (χ0v) is 16.7. The van der Waals surface area contributed by atoms with Crippen LogP contribution in [-0.4, -0.2) is 11.0 Å². The standard InChI is InChI=1S/C14H13O.C6H5.2ClH.H4Si.Ti/c1-11-7-6-10-14(12(11)2)15-13-8-4-3-5-9-13;1-2-4-6-5-3-1;;;;/h3-9H,1-2H3;1-5H;2*1H;1H4;/q;;;;;+2/p-2. The van der Waals surface area contributed by atoms with Gasteiger partial charge in [-0.2, -0.15) is 0 Å². The fraction of sp³-hybridized carbons (Fsp3) is 0.100. The Morgan fingerprint density at radius 3 is 1.88 bits per heavy atom. The fourth-order valence-corrected chi connectivity index (χ4v) is 4.16. The molecule has 0 N–H and O–H groups in total. The Morgan fingerprint density at radius 1 is 0.720 bits per heavy atom. The minimum atomic E-state index is -0.399. The number of hydrogen-bond acceptors (Lipinski definition) is 1. The molecule has 0 aromatic heterocycles. The minimum absolute atomic E-state index is 0. The van der Waals surface area contributed by atoms with Crippen LogP contribution < -0.4 is 37.3 Å². The van der Waals surface area contributed by atoms with Crippen LogP contribution in [0.15, 0.2) is 72.8 Å². The number of hydrogen-bond donors (Lipinski definition) is 0. The van der Waals surface area contributed by atoms with Crippen molar-refractivity contribution in [3.63, 3.8) is 0 Å². The fourth-order valence-electron chi connectivity index (χ4n) is 2.30. The zero-order chi connectivity index (χ0) is 15.4. The number of rotatable bonds is 4. The second-order valence-electron chi connectivity index (χ2n) is 5.29. The van der Waals surface area contributed by atoms with Gasteiger partial charge in [0.1, 0.15) is 0 Å². The minimum Gasteiger partial charge on any atom is -1.00 e. The van der Waals surface area contributed by atoms with Crippen molar-refractivity contribution in [2.75, 3.05) is 0 Å². The smallest absolute Gasteiger partial charge is 0.0149 e. The molecule has 0 heterocycles. The van der Waals surface area contributed by atoms with Gasteiger partial charge in [0.25, 0.3) is 0 Å². The molecule has 0 radical (unpaired) electrons. The first-order valence-corrected chi connectivity index (χ1v) is 8.95. The van der Waals surface area contributed by atoms with E-state index in [0.29, 0.717) is 0 Å². The predicted molar refractivity (Wildman–Crippen MR) is 99.5 cm³/mol. The summed E-state index contributed by atoms with van der Waals surface area (Å²) in [4.78, 5) is 0. The number of ether oxygens (including phenoxy) is 1. The van der Waals surface area contributed by atoms with Gasteiger partial charge < -0.3 is 24.8 Å². The van der Waals surface area contributed by atoms with E-state index in [-0.39, 0.29) is 35.8 Å². The van der Waals surface area contributed by atoms with Crippen molar-refractivity contribution >= 4 is 18.7 Å². The molecule has 25 heavy (non-hydrogen) atoms. The topological polar surface area (TPSA) is 9.23 Å². The van der Waals surface area contributed by atoms with E-state index in [0.717, 1.165) is 11.5 Å². The Bertz CT molecular complexity index is 767. The van der Waals surface area contributed by atoms with Crippen LogP contribution in [0.25, 0.3) is 0 Å². The average Bonchev–Trinajstić information content (AvgIpc) is 2.56. The van der Waals surface area contributed by atoms with Gasteiger partial charge >= 0.3 is 141 Å². The SMILES string of the molecule is Cc1cc[c]([Ti+2][c]2ccccc2)c(Oc2ccccc2)c1C.[Cl-].[Cl-].[SiH4]. The molecule has 0 atom stereocenters. The Morgan fingerprint density at radius 2 is 1.28 bits per heavy atom. The van der Waals surface area contributed by atoms with E-state index < -0.39 is 19.2 Å². The molecule has 0 bridgehead atoms. The Balaban J connectivity index is 0.00000192. The summed E-state index contributed by atoms with van der Waals surface area (Å²) < 4.78 is 8.99. The molecular formula is C20H22Cl2OSiTi. The van der Waals surface area contributed by atoms with Crippen LogP contribution in [0.3, 0.4) is 0 Å². The van der Waals surface area contributed by atoms with Crippen LogP contribution >= 0.6 is 0 Å². The first-order chi connectivity index (χ1) is 10.7. The zero-order valence-electron chi connectivity index (χ0n) is 13.6. The van der Waals surface area contributed by atoms with Crippen molar-refractivity contribution in [2.45, 2.75) is 13.8 Å². The van der Waals surface area contributed by atoms with Crippen molar-refractivity contribution in [3.05, 3.63) is 83.9 Å². The summed E-state index contributed by atoms with van der Waals surface area (Å²) in [6, 6.07) is 25.2. The summed E-state index contributed by atoms with van der Waals surface area (Å²) in [5, 5.41) is 0. The van der Waals surface area contributed by atoms with Crippen LogP contribution in [0.2, 0.25) is 0 Å². The molecule has 0 unspecified atom stereocenters. The monoisotopic (exact) mass is 424 g/mol. The molecule has 3 aromatic rings. The molecule has 0 amide bonds. The largest absolute Gasteiger partial charge is 1.00 e. The van der Waals surface area contributed by atoms with Gasteiger partial charge in [0.15, 0.2) is 0 Å². The summed E-state index contributed by atoms with van der Waals surface area (Å²) in [7, 11) is 0. The van der Waals surface area contributed by atoms with E-state index in [2.05, 4.69) is 56.3 Å². The van der Waals surface area contributed by atoms with Crippen molar-refractivity contribution in [2.24, 2.45) is 0 Å². The second kappa shape index (κ2) is 11.6. The number of aryl methyl sites for hydroxylation is 1. The third-order valence-electron chi connectivity index (χ3n) is 3.69. The Hall–Kier alpha value is -1.03. The summed E-state index contributed by atoms with van der Waals surface area (Å²) >= 11 is -0.399.